The molecule has 0 aliphatic carbocycles. The molecule has 0 atom stereocenters. The number of aromatic nitrogens is 1. The summed E-state index contributed by atoms with van der Waals surface area (Å²) >= 11 is 13.3. The number of benzene rings is 2. The summed E-state index contributed by atoms with van der Waals surface area (Å²) in [4.78, 5) is 26.9. The number of hydrogen-bond donors (Lipinski definition) is 0. The summed E-state index contributed by atoms with van der Waals surface area (Å²) in [6.07, 6.45) is 1.76. The zero-order valence-electron chi connectivity index (χ0n) is 15.6. The van der Waals surface area contributed by atoms with E-state index in [-0.39, 0.29) is 11.1 Å². The molecule has 0 N–H and O–H groups in total. The maximum Gasteiger partial charge on any atom is 0.298 e. The third-order valence-electron chi connectivity index (χ3n) is 4.72. The van der Waals surface area contributed by atoms with E-state index in [4.69, 9.17) is 23.2 Å². The number of imide groups is 1. The summed E-state index contributed by atoms with van der Waals surface area (Å²) in [7, 11) is 0. The smallest absolute Gasteiger partial charge is 0.298 e. The molecular weight excluding hydrogens is 427 g/mol. The highest BCUT2D eigenvalue weighted by atomic mass is 35.5. The van der Waals surface area contributed by atoms with Crippen molar-refractivity contribution in [1.29, 1.82) is 0 Å². The van der Waals surface area contributed by atoms with Gasteiger partial charge in [-0.2, -0.15) is 0 Å². The van der Waals surface area contributed by atoms with Crippen LogP contribution in [-0.4, -0.2) is 15.7 Å². The first-order chi connectivity index (χ1) is 13.9. The summed E-state index contributed by atoms with van der Waals surface area (Å²) < 4.78 is 2.01. The van der Waals surface area contributed by atoms with Gasteiger partial charge in [0.1, 0.15) is 0 Å². The quantitative estimate of drug-likeness (QED) is 0.426. The van der Waals surface area contributed by atoms with E-state index in [1.54, 1.807) is 42.5 Å². The Morgan fingerprint density at radius 3 is 2.38 bits per heavy atom. The SMILES string of the molecule is Cc1cc(C=C2SC(=O)N(c3ccccc3)C2=O)c(C)n1-c1ccc(Cl)cc1Cl. The number of anilines is 1. The second-order valence-corrected chi connectivity index (χ2v) is 8.45. The van der Waals surface area contributed by atoms with Gasteiger partial charge in [-0.1, -0.05) is 41.4 Å². The van der Waals surface area contributed by atoms with Crippen molar-refractivity contribution in [2.24, 2.45) is 0 Å². The molecule has 4 rings (SSSR count). The summed E-state index contributed by atoms with van der Waals surface area (Å²) in [5.41, 5.74) is 4.10. The van der Waals surface area contributed by atoms with Crippen LogP contribution in [0.25, 0.3) is 11.8 Å². The Labute approximate surface area is 182 Å². The van der Waals surface area contributed by atoms with Gasteiger partial charge in [0.25, 0.3) is 11.1 Å². The molecule has 1 aliphatic rings. The summed E-state index contributed by atoms with van der Waals surface area (Å²) in [6, 6.07) is 16.2. The zero-order valence-corrected chi connectivity index (χ0v) is 18.0. The number of para-hydroxylation sites is 1. The van der Waals surface area contributed by atoms with Crippen LogP contribution in [0.2, 0.25) is 10.0 Å². The number of aryl methyl sites for hydroxylation is 1. The van der Waals surface area contributed by atoms with E-state index in [1.165, 1.54) is 4.90 Å². The van der Waals surface area contributed by atoms with Crippen LogP contribution in [0.1, 0.15) is 17.0 Å². The molecule has 0 radical (unpaired) electrons. The van der Waals surface area contributed by atoms with E-state index < -0.39 is 0 Å². The van der Waals surface area contributed by atoms with Gasteiger partial charge in [-0.25, -0.2) is 4.90 Å². The molecule has 1 fully saturated rings. The number of thioether (sulfide) groups is 1. The van der Waals surface area contributed by atoms with Crippen LogP contribution in [0.15, 0.2) is 59.5 Å². The van der Waals surface area contributed by atoms with E-state index >= 15 is 0 Å². The van der Waals surface area contributed by atoms with Gasteiger partial charge >= 0.3 is 0 Å². The molecule has 1 aliphatic heterocycles. The van der Waals surface area contributed by atoms with Crippen molar-refractivity contribution in [2.45, 2.75) is 13.8 Å². The van der Waals surface area contributed by atoms with Crippen molar-refractivity contribution >= 4 is 57.9 Å². The normalized spacial score (nSPS) is 15.6. The summed E-state index contributed by atoms with van der Waals surface area (Å²) in [5, 5.41) is 0.799. The molecule has 7 heteroatoms. The van der Waals surface area contributed by atoms with Crippen molar-refractivity contribution in [3.8, 4) is 5.69 Å². The van der Waals surface area contributed by atoms with Crippen LogP contribution >= 0.6 is 35.0 Å². The molecule has 1 saturated heterocycles. The fraction of sp³-hybridized carbons (Fsp3) is 0.0909. The minimum Gasteiger partial charge on any atom is -0.316 e. The minimum atomic E-state index is -0.319. The predicted molar refractivity (Wildman–Crippen MR) is 120 cm³/mol. The van der Waals surface area contributed by atoms with Gasteiger partial charge in [-0.15, -0.1) is 0 Å². The summed E-state index contributed by atoms with van der Waals surface area (Å²) in [6.45, 7) is 3.91. The van der Waals surface area contributed by atoms with Crippen molar-refractivity contribution in [1.82, 2.24) is 4.57 Å². The van der Waals surface area contributed by atoms with Crippen molar-refractivity contribution < 1.29 is 9.59 Å². The fourth-order valence-corrected chi connectivity index (χ4v) is 4.70. The number of halogens is 2. The number of carbonyl (C=O) groups is 2. The Balaban J connectivity index is 1.73. The third kappa shape index (κ3) is 3.62. The van der Waals surface area contributed by atoms with Crippen LogP contribution < -0.4 is 4.90 Å². The Kier molecular flexibility index (Phi) is 5.30. The molecule has 4 nitrogen and oxygen atoms in total. The number of rotatable bonds is 3. The lowest BCUT2D eigenvalue weighted by Gasteiger charge is -2.12. The van der Waals surface area contributed by atoms with Gasteiger partial charge in [0.2, 0.25) is 0 Å². The molecule has 146 valence electrons. The van der Waals surface area contributed by atoms with Gasteiger partial charge < -0.3 is 4.57 Å². The molecule has 29 heavy (non-hydrogen) atoms. The van der Waals surface area contributed by atoms with Gasteiger partial charge in [0, 0.05) is 16.4 Å². The fourth-order valence-electron chi connectivity index (χ4n) is 3.38. The molecule has 1 aromatic heterocycles. The Bertz CT molecular complexity index is 1170. The van der Waals surface area contributed by atoms with E-state index in [9.17, 15) is 9.59 Å². The lowest BCUT2D eigenvalue weighted by atomic mass is 10.2. The van der Waals surface area contributed by atoms with Crippen LogP contribution in [0.3, 0.4) is 0 Å². The minimum absolute atomic E-state index is 0.304. The van der Waals surface area contributed by atoms with Gasteiger partial charge in [0.05, 0.1) is 21.3 Å². The highest BCUT2D eigenvalue weighted by molar-refractivity contribution is 8.19. The van der Waals surface area contributed by atoms with Gasteiger partial charge in [0.15, 0.2) is 0 Å². The van der Waals surface area contributed by atoms with Crippen molar-refractivity contribution in [2.75, 3.05) is 4.90 Å². The van der Waals surface area contributed by atoms with Gasteiger partial charge in [-0.3, -0.25) is 9.59 Å². The average molecular weight is 443 g/mol. The number of nitrogens with zero attached hydrogens (tertiary/aromatic N) is 2. The monoisotopic (exact) mass is 442 g/mol. The molecule has 0 unspecified atom stereocenters. The highest BCUT2D eigenvalue weighted by Gasteiger charge is 2.36. The molecule has 0 spiro atoms. The van der Waals surface area contributed by atoms with E-state index in [1.807, 2.05) is 36.6 Å². The van der Waals surface area contributed by atoms with Gasteiger partial charge in [-0.05, 0) is 73.6 Å². The number of hydrogen-bond acceptors (Lipinski definition) is 3. The van der Waals surface area contributed by atoms with E-state index in [2.05, 4.69) is 0 Å². The van der Waals surface area contributed by atoms with Crippen LogP contribution in [-0.2, 0) is 4.79 Å². The molecule has 2 aromatic carbocycles. The highest BCUT2D eigenvalue weighted by Crippen LogP contribution is 2.37. The Morgan fingerprint density at radius 2 is 1.69 bits per heavy atom. The molecule has 3 aromatic rings. The largest absolute Gasteiger partial charge is 0.316 e. The molecule has 0 bridgehead atoms. The van der Waals surface area contributed by atoms with E-state index in [0.29, 0.717) is 20.6 Å². The zero-order chi connectivity index (χ0) is 20.7. The molecule has 0 saturated carbocycles. The average Bonchev–Trinajstić information content (AvgIpc) is 3.11. The lowest BCUT2D eigenvalue weighted by molar-refractivity contribution is -0.113. The van der Waals surface area contributed by atoms with Crippen molar-refractivity contribution in [3.05, 3.63) is 86.5 Å². The maximum atomic E-state index is 12.9. The Hall–Kier alpha value is -2.47. The van der Waals surface area contributed by atoms with Crippen molar-refractivity contribution in [3.63, 3.8) is 0 Å². The maximum absolute atomic E-state index is 12.9. The topological polar surface area (TPSA) is 42.3 Å². The first-order valence-electron chi connectivity index (χ1n) is 8.84. The van der Waals surface area contributed by atoms with Crippen LogP contribution in [0.4, 0.5) is 10.5 Å². The predicted octanol–water partition coefficient (Wildman–Crippen LogP) is 6.64. The molecule has 2 amide bonds. The summed E-state index contributed by atoms with van der Waals surface area (Å²) in [5.74, 6) is -0.319. The Morgan fingerprint density at radius 1 is 0.966 bits per heavy atom. The third-order valence-corrected chi connectivity index (χ3v) is 6.12. The second-order valence-electron chi connectivity index (χ2n) is 6.61. The number of carbonyl (C=O) groups excluding carboxylic acids is 2. The van der Waals surface area contributed by atoms with Crippen LogP contribution in [0.5, 0.6) is 0 Å². The lowest BCUT2D eigenvalue weighted by Crippen LogP contribution is -2.27. The molecule has 2 heterocycles. The standard InChI is InChI=1S/C22H16Cl2N2O2S/c1-13-10-15(14(2)25(13)19-9-8-16(23)12-18(19)24)11-20-21(27)26(22(28)29-20)17-6-4-3-5-7-17/h3-12H,1-2H3. The molecular formula is C22H16Cl2N2O2S. The second kappa shape index (κ2) is 7.75. The first-order valence-corrected chi connectivity index (χ1v) is 10.4. The number of amides is 2. The van der Waals surface area contributed by atoms with E-state index in [0.717, 1.165) is 34.4 Å². The van der Waals surface area contributed by atoms with Crippen LogP contribution in [0, 0.1) is 13.8 Å². The first kappa shape index (κ1) is 19.8.